The van der Waals surface area contributed by atoms with Gasteiger partial charge in [0.05, 0.1) is 5.02 Å². The van der Waals surface area contributed by atoms with E-state index in [1.165, 1.54) is 5.56 Å². The number of hydrogen-bond acceptors (Lipinski definition) is 4. The number of piperazine rings is 1. The molecule has 5 nitrogen and oxygen atoms in total. The Balaban J connectivity index is 1.29. The average Bonchev–Trinajstić information content (AvgIpc) is 3.24. The average molecular weight is 480 g/mol. The van der Waals surface area contributed by atoms with Gasteiger partial charge in [0.1, 0.15) is 23.1 Å². The molecule has 1 amide bonds. The van der Waals surface area contributed by atoms with Gasteiger partial charge < -0.3 is 14.1 Å². The van der Waals surface area contributed by atoms with Crippen LogP contribution in [0.3, 0.4) is 0 Å². The summed E-state index contributed by atoms with van der Waals surface area (Å²) in [5.41, 5.74) is 1.17. The van der Waals surface area contributed by atoms with Crippen molar-refractivity contribution in [2.24, 2.45) is 0 Å². The first kappa shape index (κ1) is 22.0. The molecule has 3 aromatic rings. The van der Waals surface area contributed by atoms with Crippen LogP contribution in [-0.4, -0.2) is 41.9 Å². The van der Waals surface area contributed by atoms with Crippen LogP contribution in [0.1, 0.15) is 21.9 Å². The molecule has 1 aliphatic heterocycles. The number of rotatable bonds is 6. The highest BCUT2D eigenvalue weighted by molar-refractivity contribution is 6.42. The van der Waals surface area contributed by atoms with Gasteiger partial charge in [-0.1, -0.05) is 53.0 Å². The Morgan fingerprint density at radius 3 is 2.52 bits per heavy atom. The summed E-state index contributed by atoms with van der Waals surface area (Å²) in [7, 11) is 0. The topological polar surface area (TPSA) is 45.9 Å². The largest absolute Gasteiger partial charge is 0.484 e. The lowest BCUT2D eigenvalue weighted by Crippen LogP contribution is -2.48. The highest BCUT2D eigenvalue weighted by Gasteiger charge is 2.24. The number of hydrogen-bond donors (Lipinski definition) is 0. The minimum absolute atomic E-state index is 0.116. The summed E-state index contributed by atoms with van der Waals surface area (Å²) in [5.74, 6) is 1.20. The van der Waals surface area contributed by atoms with Crippen LogP contribution < -0.4 is 4.74 Å². The van der Waals surface area contributed by atoms with E-state index < -0.39 is 0 Å². The minimum Gasteiger partial charge on any atom is -0.484 e. The molecule has 0 unspecified atom stereocenters. The number of carbonyl (C=O) groups is 1. The van der Waals surface area contributed by atoms with Crippen molar-refractivity contribution in [3.63, 3.8) is 0 Å². The van der Waals surface area contributed by atoms with Crippen molar-refractivity contribution in [1.29, 1.82) is 0 Å². The number of carbonyl (C=O) groups excluding carboxylic acids is 1. The fraction of sp³-hybridized carbons (Fsp3) is 0.261. The van der Waals surface area contributed by atoms with Crippen LogP contribution in [0.15, 0.2) is 59.0 Å². The molecule has 0 radical (unpaired) electrons. The molecule has 162 valence electrons. The van der Waals surface area contributed by atoms with Gasteiger partial charge in [-0.3, -0.25) is 9.69 Å². The molecule has 0 spiro atoms. The van der Waals surface area contributed by atoms with E-state index in [0.717, 1.165) is 24.7 Å². The Kier molecular flexibility index (Phi) is 7.08. The first-order valence-electron chi connectivity index (χ1n) is 9.91. The second-order valence-electron chi connectivity index (χ2n) is 7.30. The van der Waals surface area contributed by atoms with Gasteiger partial charge in [0, 0.05) is 37.7 Å². The van der Waals surface area contributed by atoms with Crippen LogP contribution >= 0.6 is 34.8 Å². The summed E-state index contributed by atoms with van der Waals surface area (Å²) in [6.07, 6.45) is 0. The lowest BCUT2D eigenvalue weighted by molar-refractivity contribution is 0.0594. The molecular weight excluding hydrogens is 459 g/mol. The van der Waals surface area contributed by atoms with Gasteiger partial charge in [0.15, 0.2) is 5.76 Å². The van der Waals surface area contributed by atoms with Gasteiger partial charge in [0.25, 0.3) is 5.91 Å². The van der Waals surface area contributed by atoms with Crippen molar-refractivity contribution in [3.05, 3.63) is 86.7 Å². The van der Waals surface area contributed by atoms with Crippen molar-refractivity contribution in [2.45, 2.75) is 13.2 Å². The number of amides is 1. The molecule has 1 aromatic heterocycles. The van der Waals surface area contributed by atoms with E-state index >= 15 is 0 Å². The summed E-state index contributed by atoms with van der Waals surface area (Å²) in [4.78, 5) is 16.9. The standard InChI is InChI=1S/C23H21Cl3N2O3/c24-17-4-1-3-16(13-17)14-27-9-11-28(12-10-27)23(29)21-8-7-18(31-21)15-30-20-6-2-5-19(25)22(20)26/h1-8,13H,9-12,14-15H2. The molecule has 0 saturated carbocycles. The molecule has 0 aliphatic carbocycles. The van der Waals surface area contributed by atoms with Crippen LogP contribution in [0.25, 0.3) is 0 Å². The van der Waals surface area contributed by atoms with Gasteiger partial charge in [-0.15, -0.1) is 0 Å². The van der Waals surface area contributed by atoms with Crippen LogP contribution in [-0.2, 0) is 13.2 Å². The molecule has 31 heavy (non-hydrogen) atoms. The Morgan fingerprint density at radius 2 is 1.74 bits per heavy atom. The summed E-state index contributed by atoms with van der Waals surface area (Å²) in [6, 6.07) is 16.5. The maximum atomic E-state index is 12.8. The van der Waals surface area contributed by atoms with Crippen molar-refractivity contribution in [1.82, 2.24) is 9.80 Å². The zero-order valence-corrected chi connectivity index (χ0v) is 19.0. The van der Waals surface area contributed by atoms with Gasteiger partial charge in [-0.05, 0) is 42.0 Å². The van der Waals surface area contributed by atoms with Gasteiger partial charge in [0.2, 0.25) is 0 Å². The summed E-state index contributed by atoms with van der Waals surface area (Å²) < 4.78 is 11.4. The molecule has 2 heterocycles. The quantitative estimate of drug-likeness (QED) is 0.450. The molecule has 2 aromatic carbocycles. The maximum Gasteiger partial charge on any atom is 0.289 e. The monoisotopic (exact) mass is 478 g/mol. The zero-order chi connectivity index (χ0) is 21.8. The molecule has 4 rings (SSSR count). The van der Waals surface area contributed by atoms with E-state index in [0.29, 0.717) is 40.4 Å². The lowest BCUT2D eigenvalue weighted by Gasteiger charge is -2.34. The van der Waals surface area contributed by atoms with Crippen LogP contribution in [0.5, 0.6) is 5.75 Å². The second-order valence-corrected chi connectivity index (χ2v) is 8.53. The molecule has 8 heteroatoms. The van der Waals surface area contributed by atoms with Crippen molar-refractivity contribution in [3.8, 4) is 5.75 Å². The summed E-state index contributed by atoms with van der Waals surface area (Å²) >= 11 is 18.2. The number of furan rings is 1. The predicted molar refractivity (Wildman–Crippen MR) is 122 cm³/mol. The molecule has 0 atom stereocenters. The van der Waals surface area contributed by atoms with E-state index in [1.807, 2.05) is 23.1 Å². The van der Waals surface area contributed by atoms with E-state index in [9.17, 15) is 4.79 Å². The second kappa shape index (κ2) is 9.96. The normalized spacial score (nSPS) is 14.6. The molecule has 1 fully saturated rings. The third kappa shape index (κ3) is 5.55. The molecule has 1 saturated heterocycles. The zero-order valence-electron chi connectivity index (χ0n) is 16.7. The number of benzene rings is 2. The van der Waals surface area contributed by atoms with E-state index in [2.05, 4.69) is 11.0 Å². The highest BCUT2D eigenvalue weighted by atomic mass is 35.5. The van der Waals surface area contributed by atoms with E-state index in [4.69, 9.17) is 44.0 Å². The summed E-state index contributed by atoms with van der Waals surface area (Å²) in [6.45, 7) is 3.84. The number of ether oxygens (including phenoxy) is 1. The predicted octanol–water partition coefficient (Wildman–Crippen LogP) is 5.78. The fourth-order valence-electron chi connectivity index (χ4n) is 3.47. The van der Waals surface area contributed by atoms with E-state index in [1.54, 1.807) is 30.3 Å². The van der Waals surface area contributed by atoms with Crippen LogP contribution in [0, 0.1) is 0 Å². The Hall–Kier alpha value is -2.18. The molecule has 0 N–H and O–H groups in total. The third-order valence-electron chi connectivity index (χ3n) is 5.11. The SMILES string of the molecule is O=C(c1ccc(COc2cccc(Cl)c2Cl)o1)N1CCN(Cc2cccc(Cl)c2)CC1. The Labute approximate surface area is 196 Å². The molecular formula is C23H21Cl3N2O3. The third-order valence-corrected chi connectivity index (χ3v) is 6.15. The van der Waals surface area contributed by atoms with E-state index in [-0.39, 0.29) is 12.5 Å². The molecule has 1 aliphatic rings. The Bertz CT molecular complexity index is 1060. The van der Waals surface area contributed by atoms with Crippen molar-refractivity contribution in [2.75, 3.05) is 26.2 Å². The van der Waals surface area contributed by atoms with Crippen LogP contribution in [0.2, 0.25) is 15.1 Å². The van der Waals surface area contributed by atoms with Gasteiger partial charge >= 0.3 is 0 Å². The fourth-order valence-corrected chi connectivity index (χ4v) is 4.03. The minimum atomic E-state index is -0.116. The van der Waals surface area contributed by atoms with Crippen molar-refractivity contribution < 1.29 is 13.9 Å². The first-order chi connectivity index (χ1) is 15.0. The van der Waals surface area contributed by atoms with Gasteiger partial charge in [-0.25, -0.2) is 0 Å². The smallest absolute Gasteiger partial charge is 0.289 e. The lowest BCUT2D eigenvalue weighted by atomic mass is 10.2. The van der Waals surface area contributed by atoms with Crippen molar-refractivity contribution >= 4 is 40.7 Å². The van der Waals surface area contributed by atoms with Gasteiger partial charge in [-0.2, -0.15) is 0 Å². The summed E-state index contributed by atoms with van der Waals surface area (Å²) in [5, 5.41) is 1.51. The molecule has 0 bridgehead atoms. The maximum absolute atomic E-state index is 12.8. The number of nitrogens with zero attached hydrogens (tertiary/aromatic N) is 2. The first-order valence-corrected chi connectivity index (χ1v) is 11.0. The highest BCUT2D eigenvalue weighted by Crippen LogP contribution is 2.32. The Morgan fingerprint density at radius 1 is 0.968 bits per heavy atom. The number of halogens is 3. The van der Waals surface area contributed by atoms with Crippen LogP contribution in [0.4, 0.5) is 0 Å².